The molecule has 8 heteroatoms. The molecule has 47 heavy (non-hydrogen) atoms. The number of nitrogens with one attached hydrogen (secondary N) is 1. The van der Waals surface area contributed by atoms with Crippen LogP contribution in [0.15, 0.2) is 127 Å². The molecule has 0 saturated heterocycles. The number of para-hydroxylation sites is 2. The van der Waals surface area contributed by atoms with Crippen LogP contribution >= 0.6 is 0 Å². The van der Waals surface area contributed by atoms with Crippen molar-refractivity contribution in [1.29, 1.82) is 0 Å². The molecule has 3 N–H and O–H groups in total. The molecule has 3 amide bonds. The minimum atomic E-state index is -1.26. The molecule has 1 aliphatic heterocycles. The molecule has 240 valence electrons. The Kier molecular flexibility index (Phi) is 10.6. The van der Waals surface area contributed by atoms with Gasteiger partial charge >= 0.3 is 0 Å². The fourth-order valence-corrected chi connectivity index (χ4v) is 5.89. The van der Waals surface area contributed by atoms with E-state index in [9.17, 15) is 14.4 Å². The highest BCUT2D eigenvalue weighted by atomic mass is 16.5. The number of amides is 3. The molecule has 0 fully saturated rings. The number of rotatable bonds is 13. The average molecular weight is 629 g/mol. The number of nitrogens with zero attached hydrogens (tertiary/aromatic N) is 2. The first-order chi connectivity index (χ1) is 22.7. The number of fused-ring (bicyclic) bond motifs is 1. The van der Waals surface area contributed by atoms with E-state index in [4.69, 9.17) is 15.5 Å². The van der Waals surface area contributed by atoms with Gasteiger partial charge in [0.1, 0.15) is 11.5 Å². The summed E-state index contributed by atoms with van der Waals surface area (Å²) < 4.78 is 6.07. The summed E-state index contributed by atoms with van der Waals surface area (Å²) in [5.41, 5.74) is 9.37. The minimum Gasteiger partial charge on any atom is -0.457 e. The molecule has 0 radical (unpaired) electrons. The predicted molar refractivity (Wildman–Crippen MR) is 185 cm³/mol. The molecule has 0 saturated carbocycles. The summed E-state index contributed by atoms with van der Waals surface area (Å²) in [7, 11) is 0. The molecule has 8 nitrogen and oxygen atoms in total. The fourth-order valence-electron chi connectivity index (χ4n) is 5.89. The number of hydrogen-bond donors (Lipinski definition) is 2. The van der Waals surface area contributed by atoms with E-state index in [1.807, 2.05) is 123 Å². The Labute approximate surface area is 276 Å². The van der Waals surface area contributed by atoms with Crippen LogP contribution in [0.2, 0.25) is 0 Å². The number of nitrogens with two attached hydrogens (primary N) is 1. The van der Waals surface area contributed by atoms with Crippen LogP contribution in [0.1, 0.15) is 43.4 Å². The Hall–Kier alpha value is -5.50. The van der Waals surface area contributed by atoms with Crippen LogP contribution in [-0.2, 0) is 20.9 Å². The zero-order valence-corrected chi connectivity index (χ0v) is 26.7. The number of primary amides is 1. The number of allylic oxidation sites excluding steroid dienone is 1. The van der Waals surface area contributed by atoms with Gasteiger partial charge in [0.25, 0.3) is 5.91 Å². The monoisotopic (exact) mass is 628 g/mol. The Bertz CT molecular complexity index is 1750. The molecule has 3 atom stereocenters. The molecule has 4 aromatic carbocycles. The van der Waals surface area contributed by atoms with Gasteiger partial charge in [-0.15, -0.1) is 6.58 Å². The quantitative estimate of drug-likeness (QED) is 0.162. The third kappa shape index (κ3) is 8.02. The van der Waals surface area contributed by atoms with Gasteiger partial charge in [-0.3, -0.25) is 14.4 Å². The maximum Gasteiger partial charge on any atom is 0.272 e. The highest BCUT2D eigenvalue weighted by Gasteiger charge is 2.37. The van der Waals surface area contributed by atoms with Crippen molar-refractivity contribution in [2.75, 3.05) is 4.90 Å². The van der Waals surface area contributed by atoms with Crippen LogP contribution in [0, 0.1) is 17.8 Å². The lowest BCUT2D eigenvalue weighted by molar-refractivity contribution is -0.135. The summed E-state index contributed by atoms with van der Waals surface area (Å²) in [6, 6.07) is 34.2. The maximum atomic E-state index is 14.5. The first-order valence-electron chi connectivity index (χ1n) is 15.8. The lowest BCUT2D eigenvalue weighted by Crippen LogP contribution is -2.50. The second-order valence-corrected chi connectivity index (χ2v) is 12.0. The van der Waals surface area contributed by atoms with Gasteiger partial charge in [-0.25, -0.2) is 4.99 Å². The first kappa shape index (κ1) is 32.9. The van der Waals surface area contributed by atoms with E-state index in [0.717, 1.165) is 16.7 Å². The summed E-state index contributed by atoms with van der Waals surface area (Å²) in [6.45, 7) is 7.90. The molecule has 0 aromatic heterocycles. The fraction of sp³-hybridized carbons (Fsp3) is 0.231. The predicted octanol–water partition coefficient (Wildman–Crippen LogP) is 6.65. The van der Waals surface area contributed by atoms with Gasteiger partial charge < -0.3 is 20.7 Å². The van der Waals surface area contributed by atoms with E-state index >= 15 is 0 Å². The molecule has 1 heterocycles. The number of ether oxygens (including phenoxy) is 1. The lowest BCUT2D eigenvalue weighted by atomic mass is 9.82. The largest absolute Gasteiger partial charge is 0.457 e. The summed E-state index contributed by atoms with van der Waals surface area (Å²) in [5, 5.41) is 2.92. The Morgan fingerprint density at radius 3 is 2.26 bits per heavy atom. The summed E-state index contributed by atoms with van der Waals surface area (Å²) in [6.07, 6.45) is 0.977. The molecule has 4 aromatic rings. The van der Waals surface area contributed by atoms with Gasteiger partial charge in [0.05, 0.1) is 29.8 Å². The van der Waals surface area contributed by atoms with Crippen molar-refractivity contribution < 1.29 is 19.1 Å². The van der Waals surface area contributed by atoms with Crippen molar-refractivity contribution in [2.45, 2.75) is 39.4 Å². The zero-order chi connectivity index (χ0) is 33.3. The number of anilines is 1. The van der Waals surface area contributed by atoms with Crippen LogP contribution in [0.25, 0.3) is 0 Å². The zero-order valence-electron chi connectivity index (χ0n) is 26.7. The second kappa shape index (κ2) is 15.2. The third-order valence-corrected chi connectivity index (χ3v) is 8.09. The highest BCUT2D eigenvalue weighted by molar-refractivity contribution is 6.20. The average Bonchev–Trinajstić information content (AvgIpc) is 3.18. The van der Waals surface area contributed by atoms with E-state index in [2.05, 4.69) is 11.9 Å². The number of benzene rings is 4. The van der Waals surface area contributed by atoms with Gasteiger partial charge in [-0.2, -0.15) is 0 Å². The molecular formula is C39H40N4O4. The van der Waals surface area contributed by atoms with Gasteiger partial charge in [-0.05, 0) is 54.7 Å². The van der Waals surface area contributed by atoms with E-state index in [1.165, 1.54) is 0 Å². The number of carbonyl (C=O) groups excluding carboxylic acids is 3. The Morgan fingerprint density at radius 1 is 0.915 bits per heavy atom. The number of benzodiazepines with no additional fused rings is 1. The van der Waals surface area contributed by atoms with Crippen molar-refractivity contribution in [1.82, 2.24) is 5.32 Å². The van der Waals surface area contributed by atoms with Crippen LogP contribution in [-0.4, -0.2) is 29.6 Å². The summed E-state index contributed by atoms with van der Waals surface area (Å²) in [5.74, 6) is -1.56. The number of hydrogen-bond acceptors (Lipinski definition) is 5. The van der Waals surface area contributed by atoms with Gasteiger partial charge in [-0.1, -0.05) is 98.8 Å². The first-order valence-corrected chi connectivity index (χ1v) is 15.8. The van der Waals surface area contributed by atoms with Gasteiger partial charge in [0, 0.05) is 11.1 Å². The Morgan fingerprint density at radius 2 is 1.57 bits per heavy atom. The van der Waals surface area contributed by atoms with Crippen molar-refractivity contribution >= 4 is 29.1 Å². The number of carbonyl (C=O) groups is 3. The molecule has 0 aliphatic carbocycles. The van der Waals surface area contributed by atoms with Crippen molar-refractivity contribution in [3.8, 4) is 11.5 Å². The summed E-state index contributed by atoms with van der Waals surface area (Å²) >= 11 is 0. The number of aliphatic imine (C=N–C) groups is 1. The van der Waals surface area contributed by atoms with Gasteiger partial charge in [0.15, 0.2) is 0 Å². The van der Waals surface area contributed by atoms with Crippen molar-refractivity contribution in [3.63, 3.8) is 0 Å². The highest BCUT2D eigenvalue weighted by Crippen LogP contribution is 2.31. The maximum absolute atomic E-state index is 14.5. The second-order valence-electron chi connectivity index (χ2n) is 12.0. The van der Waals surface area contributed by atoms with Crippen LogP contribution in [0.4, 0.5) is 5.69 Å². The Balaban J connectivity index is 1.55. The molecule has 5 rings (SSSR count). The molecule has 0 spiro atoms. The SMILES string of the molecule is C=CCC(C(N)=O)C(CC(C)C)C(=O)NC1N=C(c2ccccc2)c2ccccc2N(Cc2cccc(Oc3ccccc3)c2)C1=O. The van der Waals surface area contributed by atoms with E-state index in [0.29, 0.717) is 29.3 Å². The van der Waals surface area contributed by atoms with Crippen molar-refractivity contribution in [2.24, 2.45) is 28.5 Å². The standard InChI is InChI=1S/C39H40N4O4/c1-4-14-31(36(40)44)33(23-26(2)3)38(45)42-37-39(46)43(25-27-15-13-20-30(24-27)47-29-18-9-6-10-19-29)34-22-12-11-21-32(34)35(41-37)28-16-7-5-8-17-28/h4-13,15-22,24,26,31,33,37H,1,14,23,25H2,2-3H3,(H2,40,44)(H,42,45). The molecule has 3 unspecified atom stereocenters. The van der Waals surface area contributed by atoms with E-state index < -0.39 is 35.7 Å². The topological polar surface area (TPSA) is 114 Å². The molecule has 1 aliphatic rings. The van der Waals surface area contributed by atoms with E-state index in [-0.39, 0.29) is 18.9 Å². The third-order valence-electron chi connectivity index (χ3n) is 8.09. The smallest absolute Gasteiger partial charge is 0.272 e. The molecule has 0 bridgehead atoms. The molecular weight excluding hydrogens is 588 g/mol. The van der Waals surface area contributed by atoms with E-state index in [1.54, 1.807) is 11.0 Å². The minimum absolute atomic E-state index is 0.0942. The van der Waals surface area contributed by atoms with Crippen LogP contribution in [0.3, 0.4) is 0 Å². The normalized spacial score (nSPS) is 15.6. The van der Waals surface area contributed by atoms with Crippen LogP contribution in [0.5, 0.6) is 11.5 Å². The van der Waals surface area contributed by atoms with Gasteiger partial charge in [0.2, 0.25) is 18.0 Å². The van der Waals surface area contributed by atoms with Crippen molar-refractivity contribution in [3.05, 3.63) is 139 Å². The summed E-state index contributed by atoms with van der Waals surface area (Å²) in [4.78, 5) is 47.6. The van der Waals surface area contributed by atoms with Crippen LogP contribution < -0.4 is 20.7 Å². The lowest BCUT2D eigenvalue weighted by Gasteiger charge is -2.28.